The quantitative estimate of drug-likeness (QED) is 0.770. The standard InChI is InChI=1S/C17H25N3O/c1-4-16(21)10-11-18-12-17-13(2)19-20(14(17)3)15-8-6-5-7-9-15/h5-9,16,18,21H,4,10-12H2,1-3H3. The Labute approximate surface area is 126 Å². The normalized spacial score (nSPS) is 12.6. The molecule has 2 aromatic rings. The number of rotatable bonds is 7. The second kappa shape index (κ2) is 7.38. The lowest BCUT2D eigenvalue weighted by molar-refractivity contribution is 0.159. The zero-order valence-electron chi connectivity index (χ0n) is 13.1. The highest BCUT2D eigenvalue weighted by Gasteiger charge is 2.12. The van der Waals surface area contributed by atoms with Crippen molar-refractivity contribution in [2.75, 3.05) is 6.54 Å². The van der Waals surface area contributed by atoms with Gasteiger partial charge in [-0.15, -0.1) is 0 Å². The van der Waals surface area contributed by atoms with Crippen LogP contribution in [0.1, 0.15) is 36.7 Å². The maximum Gasteiger partial charge on any atom is 0.0648 e. The van der Waals surface area contributed by atoms with Gasteiger partial charge in [0.05, 0.1) is 17.5 Å². The smallest absolute Gasteiger partial charge is 0.0648 e. The molecule has 0 aliphatic rings. The summed E-state index contributed by atoms with van der Waals surface area (Å²) in [5.74, 6) is 0. The van der Waals surface area contributed by atoms with Crippen molar-refractivity contribution in [2.45, 2.75) is 46.3 Å². The van der Waals surface area contributed by atoms with Gasteiger partial charge in [0.2, 0.25) is 0 Å². The number of nitrogens with one attached hydrogen (secondary N) is 1. The van der Waals surface area contributed by atoms with Gasteiger partial charge in [0, 0.05) is 17.8 Å². The zero-order valence-corrected chi connectivity index (χ0v) is 13.1. The van der Waals surface area contributed by atoms with Crippen LogP contribution in [-0.2, 0) is 6.54 Å². The van der Waals surface area contributed by atoms with E-state index in [9.17, 15) is 5.11 Å². The number of para-hydroxylation sites is 1. The summed E-state index contributed by atoms with van der Waals surface area (Å²) < 4.78 is 1.99. The van der Waals surface area contributed by atoms with Crippen LogP contribution in [0.15, 0.2) is 30.3 Å². The van der Waals surface area contributed by atoms with Crippen LogP contribution in [0.2, 0.25) is 0 Å². The van der Waals surface area contributed by atoms with E-state index in [-0.39, 0.29) is 6.10 Å². The van der Waals surface area contributed by atoms with Gasteiger partial charge in [-0.25, -0.2) is 4.68 Å². The molecule has 114 valence electrons. The summed E-state index contributed by atoms with van der Waals surface area (Å²) in [7, 11) is 0. The van der Waals surface area contributed by atoms with E-state index in [4.69, 9.17) is 0 Å². The molecule has 4 nitrogen and oxygen atoms in total. The minimum atomic E-state index is -0.202. The zero-order chi connectivity index (χ0) is 15.2. The summed E-state index contributed by atoms with van der Waals surface area (Å²) >= 11 is 0. The third-order valence-electron chi connectivity index (χ3n) is 3.87. The highest BCUT2D eigenvalue weighted by atomic mass is 16.3. The molecule has 0 amide bonds. The van der Waals surface area contributed by atoms with E-state index in [1.54, 1.807) is 0 Å². The monoisotopic (exact) mass is 287 g/mol. The molecule has 1 aromatic heterocycles. The number of aryl methyl sites for hydroxylation is 1. The van der Waals surface area contributed by atoms with E-state index in [1.807, 2.05) is 36.7 Å². The fourth-order valence-corrected chi connectivity index (χ4v) is 2.44. The molecule has 0 fully saturated rings. The third-order valence-corrected chi connectivity index (χ3v) is 3.87. The number of hydrogen-bond acceptors (Lipinski definition) is 3. The Morgan fingerprint density at radius 1 is 1.24 bits per heavy atom. The molecule has 4 heteroatoms. The molecule has 0 radical (unpaired) electrons. The molecule has 0 saturated heterocycles. The molecule has 1 unspecified atom stereocenters. The summed E-state index contributed by atoms with van der Waals surface area (Å²) in [6.45, 7) is 7.77. The van der Waals surface area contributed by atoms with Crippen LogP contribution in [0, 0.1) is 13.8 Å². The van der Waals surface area contributed by atoms with Gasteiger partial charge in [0.15, 0.2) is 0 Å². The van der Waals surface area contributed by atoms with Crippen LogP contribution >= 0.6 is 0 Å². The van der Waals surface area contributed by atoms with Gasteiger partial charge >= 0.3 is 0 Å². The van der Waals surface area contributed by atoms with Crippen LogP contribution in [-0.4, -0.2) is 27.5 Å². The predicted molar refractivity (Wildman–Crippen MR) is 85.7 cm³/mol. The number of hydrogen-bond donors (Lipinski definition) is 2. The maximum atomic E-state index is 9.56. The van der Waals surface area contributed by atoms with Crippen LogP contribution in [0.5, 0.6) is 0 Å². The molecule has 21 heavy (non-hydrogen) atoms. The third kappa shape index (κ3) is 3.93. The lowest BCUT2D eigenvalue weighted by Crippen LogP contribution is -2.20. The second-order valence-electron chi connectivity index (χ2n) is 5.42. The lowest BCUT2D eigenvalue weighted by Gasteiger charge is -2.09. The molecule has 2 N–H and O–H groups in total. The van der Waals surface area contributed by atoms with Gasteiger partial charge in [-0.05, 0) is 45.4 Å². The Hall–Kier alpha value is -1.65. The first-order valence-electron chi connectivity index (χ1n) is 7.62. The molecule has 0 bridgehead atoms. The first kappa shape index (κ1) is 15.7. The molecule has 1 atom stereocenters. The van der Waals surface area contributed by atoms with Crippen LogP contribution in [0.4, 0.5) is 0 Å². The van der Waals surface area contributed by atoms with Gasteiger partial charge in [0.25, 0.3) is 0 Å². The molecule has 1 heterocycles. The first-order chi connectivity index (χ1) is 10.1. The molecule has 2 rings (SSSR count). The Morgan fingerprint density at radius 2 is 1.95 bits per heavy atom. The van der Waals surface area contributed by atoms with Crippen molar-refractivity contribution in [3.05, 3.63) is 47.3 Å². The second-order valence-corrected chi connectivity index (χ2v) is 5.42. The minimum Gasteiger partial charge on any atom is -0.393 e. The number of benzene rings is 1. The highest BCUT2D eigenvalue weighted by molar-refractivity contribution is 5.36. The van der Waals surface area contributed by atoms with Crippen molar-refractivity contribution in [1.29, 1.82) is 0 Å². The number of aliphatic hydroxyl groups is 1. The average Bonchev–Trinajstić information content (AvgIpc) is 2.79. The predicted octanol–water partition coefficient (Wildman–Crippen LogP) is 2.74. The molecular weight excluding hydrogens is 262 g/mol. The fourth-order valence-electron chi connectivity index (χ4n) is 2.44. The number of aromatic nitrogens is 2. The summed E-state index contributed by atoms with van der Waals surface area (Å²) in [6.07, 6.45) is 1.40. The van der Waals surface area contributed by atoms with Crippen LogP contribution in [0.25, 0.3) is 5.69 Å². The Morgan fingerprint density at radius 3 is 2.62 bits per heavy atom. The van der Waals surface area contributed by atoms with Gasteiger partial charge in [-0.3, -0.25) is 0 Å². The Bertz CT molecular complexity index is 563. The topological polar surface area (TPSA) is 50.1 Å². The van der Waals surface area contributed by atoms with E-state index in [0.29, 0.717) is 0 Å². The van der Waals surface area contributed by atoms with E-state index < -0.39 is 0 Å². The van der Waals surface area contributed by atoms with Crippen molar-refractivity contribution in [2.24, 2.45) is 0 Å². The molecule has 0 aliphatic carbocycles. The molecule has 0 aliphatic heterocycles. The fraction of sp³-hybridized carbons (Fsp3) is 0.471. The largest absolute Gasteiger partial charge is 0.393 e. The van der Waals surface area contributed by atoms with Crippen LogP contribution < -0.4 is 5.32 Å². The Balaban J connectivity index is 2.03. The van der Waals surface area contributed by atoms with Crippen LogP contribution in [0.3, 0.4) is 0 Å². The highest BCUT2D eigenvalue weighted by Crippen LogP contribution is 2.17. The summed E-state index contributed by atoms with van der Waals surface area (Å²) in [5.41, 5.74) is 4.55. The van der Waals surface area contributed by atoms with Crippen molar-refractivity contribution >= 4 is 0 Å². The number of nitrogens with zero attached hydrogens (tertiary/aromatic N) is 2. The van der Waals surface area contributed by atoms with Crippen molar-refractivity contribution in [3.63, 3.8) is 0 Å². The summed E-state index contributed by atoms with van der Waals surface area (Å²) in [5, 5.41) is 17.6. The van der Waals surface area contributed by atoms with Crippen molar-refractivity contribution in [3.8, 4) is 5.69 Å². The van der Waals surface area contributed by atoms with E-state index >= 15 is 0 Å². The molecular formula is C17H25N3O. The first-order valence-corrected chi connectivity index (χ1v) is 7.62. The van der Waals surface area contributed by atoms with E-state index in [0.717, 1.165) is 37.3 Å². The van der Waals surface area contributed by atoms with E-state index in [1.165, 1.54) is 11.3 Å². The SMILES string of the molecule is CCC(O)CCNCc1c(C)nn(-c2ccccc2)c1C. The lowest BCUT2D eigenvalue weighted by atomic mass is 10.1. The Kier molecular flexibility index (Phi) is 5.53. The molecule has 0 saturated carbocycles. The van der Waals surface area contributed by atoms with E-state index in [2.05, 4.69) is 29.5 Å². The minimum absolute atomic E-state index is 0.202. The van der Waals surface area contributed by atoms with Gasteiger partial charge < -0.3 is 10.4 Å². The van der Waals surface area contributed by atoms with Gasteiger partial charge in [-0.1, -0.05) is 25.1 Å². The van der Waals surface area contributed by atoms with Gasteiger partial charge in [0.1, 0.15) is 0 Å². The maximum absolute atomic E-state index is 9.56. The molecule has 1 aromatic carbocycles. The molecule has 0 spiro atoms. The average molecular weight is 287 g/mol. The van der Waals surface area contributed by atoms with Gasteiger partial charge in [-0.2, -0.15) is 5.10 Å². The summed E-state index contributed by atoms with van der Waals surface area (Å²) in [4.78, 5) is 0. The summed E-state index contributed by atoms with van der Waals surface area (Å²) in [6, 6.07) is 10.2. The number of aliphatic hydroxyl groups excluding tert-OH is 1. The van der Waals surface area contributed by atoms with Crippen molar-refractivity contribution < 1.29 is 5.11 Å². The van der Waals surface area contributed by atoms with Crippen molar-refractivity contribution in [1.82, 2.24) is 15.1 Å².